The van der Waals surface area contributed by atoms with Crippen LogP contribution in [0.25, 0.3) is 0 Å². The molecule has 0 aromatic heterocycles. The molecule has 0 radical (unpaired) electrons. The second kappa shape index (κ2) is 4.44. The van der Waals surface area contributed by atoms with Gasteiger partial charge in [-0.25, -0.2) is 4.79 Å². The van der Waals surface area contributed by atoms with Crippen molar-refractivity contribution < 1.29 is 14.6 Å². The van der Waals surface area contributed by atoms with Crippen LogP contribution in [-0.2, 0) is 4.79 Å². The predicted octanol–water partition coefficient (Wildman–Crippen LogP) is 3.06. The van der Waals surface area contributed by atoms with Crippen LogP contribution in [0.5, 0.6) is 11.5 Å². The molecule has 0 spiro atoms. The molecule has 1 aliphatic carbocycles. The Labute approximate surface area is 112 Å². The van der Waals surface area contributed by atoms with Crippen LogP contribution in [0, 0.1) is 5.92 Å². The molecule has 3 rings (SSSR count). The number of carbonyl (C=O) groups excluding carboxylic acids is 1. The Morgan fingerprint density at radius 2 is 2.05 bits per heavy atom. The van der Waals surface area contributed by atoms with Crippen LogP contribution in [0.15, 0.2) is 18.2 Å². The first-order valence-electron chi connectivity index (χ1n) is 6.94. The van der Waals surface area contributed by atoms with Crippen LogP contribution < -0.4 is 10.1 Å². The first-order valence-corrected chi connectivity index (χ1v) is 6.94. The van der Waals surface area contributed by atoms with E-state index in [1.807, 2.05) is 6.92 Å². The van der Waals surface area contributed by atoms with Crippen molar-refractivity contribution in [3.05, 3.63) is 18.2 Å². The van der Waals surface area contributed by atoms with E-state index in [1.54, 1.807) is 18.2 Å². The number of anilines is 1. The van der Waals surface area contributed by atoms with Gasteiger partial charge in [0.15, 0.2) is 5.75 Å². The van der Waals surface area contributed by atoms with Crippen molar-refractivity contribution in [1.82, 2.24) is 0 Å². The quantitative estimate of drug-likeness (QED) is 0.463. The normalized spacial score (nSPS) is 27.3. The third kappa shape index (κ3) is 1.95. The number of aromatic hydroxyl groups is 1. The molecule has 102 valence electrons. The molecule has 1 aromatic carbocycles. The maximum absolute atomic E-state index is 12.3. The molecule has 1 saturated carbocycles. The monoisotopic (exact) mass is 261 g/mol. The van der Waals surface area contributed by atoms with Crippen molar-refractivity contribution >= 4 is 11.7 Å². The van der Waals surface area contributed by atoms with Gasteiger partial charge in [0.25, 0.3) is 0 Å². The molecular weight excluding hydrogens is 242 g/mol. The van der Waals surface area contributed by atoms with Crippen molar-refractivity contribution in [3.63, 3.8) is 0 Å². The van der Waals surface area contributed by atoms with Crippen LogP contribution in [-0.4, -0.2) is 16.6 Å². The Morgan fingerprint density at radius 1 is 1.32 bits per heavy atom. The summed E-state index contributed by atoms with van der Waals surface area (Å²) in [6.07, 6.45) is 5.61. The Hall–Kier alpha value is -1.71. The highest BCUT2D eigenvalue weighted by Crippen LogP contribution is 2.44. The van der Waals surface area contributed by atoms with Gasteiger partial charge in [-0.05, 0) is 37.8 Å². The maximum atomic E-state index is 12.3. The third-order valence-corrected chi connectivity index (χ3v) is 4.44. The van der Waals surface area contributed by atoms with E-state index in [1.165, 1.54) is 6.42 Å². The minimum absolute atomic E-state index is 0.132. The molecule has 1 aliphatic heterocycles. The number of phenols is 1. The number of para-hydroxylation sites is 1. The lowest BCUT2D eigenvalue weighted by Gasteiger charge is -2.42. The third-order valence-electron chi connectivity index (χ3n) is 4.44. The van der Waals surface area contributed by atoms with Crippen LogP contribution in [0.3, 0.4) is 0 Å². The number of fused-ring (bicyclic) bond motifs is 1. The zero-order valence-corrected chi connectivity index (χ0v) is 11.1. The summed E-state index contributed by atoms with van der Waals surface area (Å²) < 4.78 is 5.42. The average Bonchev–Trinajstić information content (AvgIpc) is 2.42. The summed E-state index contributed by atoms with van der Waals surface area (Å²) in [6.45, 7) is 1.89. The minimum Gasteiger partial charge on any atom is -0.506 e. The van der Waals surface area contributed by atoms with Gasteiger partial charge in [-0.3, -0.25) is 0 Å². The van der Waals surface area contributed by atoms with E-state index >= 15 is 0 Å². The van der Waals surface area contributed by atoms with Crippen molar-refractivity contribution in [1.29, 1.82) is 0 Å². The fraction of sp³-hybridized carbons (Fsp3) is 0.533. The molecule has 0 saturated heterocycles. The molecule has 0 amide bonds. The molecule has 1 fully saturated rings. The molecule has 4 nitrogen and oxygen atoms in total. The smallest absolute Gasteiger partial charge is 0.337 e. The molecule has 19 heavy (non-hydrogen) atoms. The molecule has 1 heterocycles. The van der Waals surface area contributed by atoms with E-state index in [4.69, 9.17) is 4.74 Å². The summed E-state index contributed by atoms with van der Waals surface area (Å²) >= 11 is 0. The van der Waals surface area contributed by atoms with Gasteiger partial charge >= 0.3 is 5.97 Å². The van der Waals surface area contributed by atoms with Gasteiger partial charge < -0.3 is 15.2 Å². The largest absolute Gasteiger partial charge is 0.506 e. The first-order chi connectivity index (χ1) is 9.11. The number of nitrogens with one attached hydrogen (secondary N) is 1. The highest BCUT2D eigenvalue weighted by atomic mass is 16.5. The second-order valence-electron chi connectivity index (χ2n) is 5.70. The summed E-state index contributed by atoms with van der Waals surface area (Å²) in [5, 5.41) is 13.2. The number of carbonyl (C=O) groups is 1. The summed E-state index contributed by atoms with van der Waals surface area (Å²) in [5.41, 5.74) is -0.193. The van der Waals surface area contributed by atoms with E-state index in [0.29, 0.717) is 11.4 Å². The fourth-order valence-electron chi connectivity index (χ4n) is 3.20. The topological polar surface area (TPSA) is 58.6 Å². The van der Waals surface area contributed by atoms with Crippen molar-refractivity contribution in [3.8, 4) is 11.5 Å². The van der Waals surface area contributed by atoms with Gasteiger partial charge in [0, 0.05) is 0 Å². The molecule has 1 aromatic rings. The minimum atomic E-state index is -0.730. The fourth-order valence-corrected chi connectivity index (χ4v) is 3.20. The van der Waals surface area contributed by atoms with Gasteiger partial charge in [0.2, 0.25) is 0 Å². The Bertz CT molecular complexity index is 508. The lowest BCUT2D eigenvalue weighted by atomic mass is 9.75. The molecule has 1 atom stereocenters. The Kier molecular flexibility index (Phi) is 2.88. The van der Waals surface area contributed by atoms with Gasteiger partial charge in [0.1, 0.15) is 17.0 Å². The van der Waals surface area contributed by atoms with E-state index in [9.17, 15) is 9.90 Å². The zero-order chi connectivity index (χ0) is 13.5. The van der Waals surface area contributed by atoms with Gasteiger partial charge in [0.05, 0.1) is 0 Å². The number of hydrogen-bond acceptors (Lipinski definition) is 4. The highest BCUT2D eigenvalue weighted by Gasteiger charge is 2.46. The van der Waals surface area contributed by atoms with Crippen LogP contribution >= 0.6 is 0 Å². The maximum Gasteiger partial charge on any atom is 0.337 e. The van der Waals surface area contributed by atoms with Gasteiger partial charge in [-0.15, -0.1) is 0 Å². The van der Waals surface area contributed by atoms with Crippen LogP contribution in [0.2, 0.25) is 0 Å². The van der Waals surface area contributed by atoms with Crippen molar-refractivity contribution in [2.75, 3.05) is 5.32 Å². The standard InChI is InChI=1S/C15H19NO3/c1-15(10-6-3-2-4-7-10)14(18)19-12-9-5-8-11(17)13(12)16-15/h5,8-10,16-17H,2-4,6-7H2,1H3. The molecule has 2 aliphatic rings. The summed E-state index contributed by atoms with van der Waals surface area (Å²) in [5.74, 6) is 0.573. The second-order valence-corrected chi connectivity index (χ2v) is 5.70. The number of ether oxygens (including phenoxy) is 1. The molecule has 4 heteroatoms. The summed E-state index contributed by atoms with van der Waals surface area (Å²) in [7, 11) is 0. The Balaban J connectivity index is 1.95. The van der Waals surface area contributed by atoms with E-state index in [-0.39, 0.29) is 17.6 Å². The summed E-state index contributed by atoms with van der Waals surface area (Å²) in [6, 6.07) is 4.97. The molecule has 2 N–H and O–H groups in total. The number of benzene rings is 1. The van der Waals surface area contributed by atoms with Crippen molar-refractivity contribution in [2.45, 2.75) is 44.6 Å². The number of esters is 1. The molecule has 0 bridgehead atoms. The van der Waals surface area contributed by atoms with E-state index in [0.717, 1.165) is 25.7 Å². The SMILES string of the molecule is CC1(C2CCCCC2)Nc2c(O)cccc2OC1=O. The first kappa shape index (κ1) is 12.3. The predicted molar refractivity (Wildman–Crippen MR) is 72.3 cm³/mol. The van der Waals surface area contributed by atoms with Crippen LogP contribution in [0.1, 0.15) is 39.0 Å². The molecule has 1 unspecified atom stereocenters. The van der Waals surface area contributed by atoms with Gasteiger partial charge in [-0.2, -0.15) is 0 Å². The van der Waals surface area contributed by atoms with Gasteiger partial charge in [-0.1, -0.05) is 25.3 Å². The van der Waals surface area contributed by atoms with Crippen LogP contribution in [0.4, 0.5) is 5.69 Å². The lowest BCUT2D eigenvalue weighted by Crippen LogP contribution is -2.54. The highest BCUT2D eigenvalue weighted by molar-refractivity contribution is 5.92. The average molecular weight is 261 g/mol. The zero-order valence-electron chi connectivity index (χ0n) is 11.1. The van der Waals surface area contributed by atoms with E-state index in [2.05, 4.69) is 5.32 Å². The number of hydrogen-bond donors (Lipinski definition) is 2. The summed E-state index contributed by atoms with van der Waals surface area (Å²) in [4.78, 5) is 12.3. The lowest BCUT2D eigenvalue weighted by molar-refractivity contribution is -0.142. The van der Waals surface area contributed by atoms with Crippen molar-refractivity contribution in [2.24, 2.45) is 5.92 Å². The number of phenolic OH excluding ortho intramolecular Hbond substituents is 1. The number of rotatable bonds is 1. The van der Waals surface area contributed by atoms with E-state index < -0.39 is 5.54 Å². The molecular formula is C15H19NO3. The Morgan fingerprint density at radius 3 is 2.79 bits per heavy atom.